The molecule has 0 radical (unpaired) electrons. The molecule has 0 aromatic heterocycles. The monoisotopic (exact) mass is 347 g/mol. The van der Waals surface area contributed by atoms with Gasteiger partial charge in [-0.3, -0.25) is 14.4 Å². The Morgan fingerprint density at radius 2 is 2.12 bits per heavy atom. The summed E-state index contributed by atoms with van der Waals surface area (Å²) in [6, 6.07) is 4.19. The van der Waals surface area contributed by atoms with Crippen molar-refractivity contribution in [3.63, 3.8) is 0 Å². The van der Waals surface area contributed by atoms with Crippen LogP contribution >= 0.6 is 0 Å². The number of hydrogen-bond acceptors (Lipinski definition) is 3. The smallest absolute Gasteiger partial charge is 0.251 e. The van der Waals surface area contributed by atoms with Crippen molar-refractivity contribution >= 4 is 17.7 Å². The van der Waals surface area contributed by atoms with Crippen molar-refractivity contribution in [3.05, 3.63) is 35.6 Å². The van der Waals surface area contributed by atoms with Crippen LogP contribution in [0.25, 0.3) is 0 Å². The number of hydrogen-bond donors (Lipinski definition) is 2. The van der Waals surface area contributed by atoms with Gasteiger partial charge in [0.1, 0.15) is 17.9 Å². The Bertz CT molecular complexity index is 707. The highest BCUT2D eigenvalue weighted by atomic mass is 19.1. The minimum absolute atomic E-state index is 0.0304. The number of amides is 3. The van der Waals surface area contributed by atoms with E-state index < -0.39 is 17.9 Å². The van der Waals surface area contributed by atoms with E-state index in [0.29, 0.717) is 19.4 Å². The van der Waals surface area contributed by atoms with Gasteiger partial charge >= 0.3 is 0 Å². The highest BCUT2D eigenvalue weighted by Crippen LogP contribution is 2.24. The third-order valence-electron chi connectivity index (χ3n) is 4.84. The first kappa shape index (κ1) is 17.4. The van der Waals surface area contributed by atoms with Gasteiger partial charge in [0.05, 0.1) is 0 Å². The maximum atomic E-state index is 13.2. The Labute approximate surface area is 145 Å². The lowest BCUT2D eigenvalue weighted by Gasteiger charge is -2.45. The first-order valence-corrected chi connectivity index (χ1v) is 8.54. The zero-order valence-corrected chi connectivity index (χ0v) is 14.3. The molecule has 3 amide bonds. The zero-order chi connectivity index (χ0) is 18.1. The number of fused-ring (bicyclic) bond motifs is 1. The third kappa shape index (κ3) is 3.50. The number of nitrogens with one attached hydrogen (secondary N) is 2. The first-order chi connectivity index (χ1) is 11.9. The molecular formula is C18H22FN3O3. The lowest BCUT2D eigenvalue weighted by atomic mass is 9.90. The summed E-state index contributed by atoms with van der Waals surface area (Å²) in [5.74, 6) is -1.06. The van der Waals surface area contributed by atoms with E-state index in [1.165, 1.54) is 24.3 Å². The highest BCUT2D eigenvalue weighted by Gasteiger charge is 2.44. The summed E-state index contributed by atoms with van der Waals surface area (Å²) in [5.41, 5.74) is 0.242. The van der Waals surface area contributed by atoms with Gasteiger partial charge in [-0.15, -0.1) is 0 Å². The Hall–Kier alpha value is -2.44. The van der Waals surface area contributed by atoms with E-state index in [-0.39, 0.29) is 35.2 Å². The van der Waals surface area contributed by atoms with Gasteiger partial charge in [-0.25, -0.2) is 4.39 Å². The van der Waals surface area contributed by atoms with Crippen LogP contribution < -0.4 is 10.6 Å². The van der Waals surface area contributed by atoms with Crippen LogP contribution in [0.3, 0.4) is 0 Å². The van der Waals surface area contributed by atoms with Crippen LogP contribution in [-0.4, -0.2) is 47.3 Å². The SMILES string of the molecule is CC(C)C1NC(=O)C2CC(NC(=O)c3cccc(F)c3)CCN2C1=O. The van der Waals surface area contributed by atoms with E-state index in [9.17, 15) is 18.8 Å². The normalized spacial score (nSPS) is 26.2. The molecule has 2 saturated heterocycles. The van der Waals surface area contributed by atoms with Crippen molar-refractivity contribution < 1.29 is 18.8 Å². The molecular weight excluding hydrogens is 325 g/mol. The Kier molecular flexibility index (Phi) is 4.74. The van der Waals surface area contributed by atoms with Gasteiger partial charge in [0, 0.05) is 18.2 Å². The number of carbonyl (C=O) groups is 3. The van der Waals surface area contributed by atoms with Crippen LogP contribution in [-0.2, 0) is 9.59 Å². The molecule has 1 aromatic carbocycles. The van der Waals surface area contributed by atoms with Crippen molar-refractivity contribution in [2.75, 3.05) is 6.54 Å². The Morgan fingerprint density at radius 3 is 2.80 bits per heavy atom. The van der Waals surface area contributed by atoms with Crippen LogP contribution in [0.4, 0.5) is 4.39 Å². The first-order valence-electron chi connectivity index (χ1n) is 8.54. The molecule has 25 heavy (non-hydrogen) atoms. The number of rotatable bonds is 3. The molecule has 2 fully saturated rings. The van der Waals surface area contributed by atoms with Gasteiger partial charge in [0.15, 0.2) is 0 Å². The van der Waals surface area contributed by atoms with Gasteiger partial charge in [-0.1, -0.05) is 19.9 Å². The van der Waals surface area contributed by atoms with Crippen molar-refractivity contribution in [2.45, 2.75) is 44.8 Å². The summed E-state index contributed by atoms with van der Waals surface area (Å²) in [7, 11) is 0. The molecule has 0 spiro atoms. The molecule has 7 heteroatoms. The molecule has 3 rings (SSSR count). The Balaban J connectivity index is 1.66. The van der Waals surface area contributed by atoms with Crippen molar-refractivity contribution in [1.82, 2.24) is 15.5 Å². The molecule has 3 atom stereocenters. The minimum Gasteiger partial charge on any atom is -0.349 e. The molecule has 1 aromatic rings. The third-order valence-corrected chi connectivity index (χ3v) is 4.84. The second-order valence-electron chi connectivity index (χ2n) is 6.98. The van der Waals surface area contributed by atoms with Gasteiger partial charge < -0.3 is 15.5 Å². The van der Waals surface area contributed by atoms with Crippen LogP contribution in [0.1, 0.15) is 37.0 Å². The van der Waals surface area contributed by atoms with Gasteiger partial charge in [-0.05, 0) is 37.0 Å². The largest absolute Gasteiger partial charge is 0.349 e. The topological polar surface area (TPSA) is 78.5 Å². The van der Waals surface area contributed by atoms with E-state index in [1.807, 2.05) is 13.8 Å². The number of nitrogens with zero attached hydrogens (tertiary/aromatic N) is 1. The molecule has 134 valence electrons. The van der Waals surface area contributed by atoms with Gasteiger partial charge in [0.2, 0.25) is 11.8 Å². The van der Waals surface area contributed by atoms with Crippen LogP contribution in [0.15, 0.2) is 24.3 Å². The molecule has 2 heterocycles. The fourth-order valence-electron chi connectivity index (χ4n) is 3.45. The Morgan fingerprint density at radius 1 is 1.36 bits per heavy atom. The van der Waals surface area contributed by atoms with Crippen molar-refractivity contribution in [3.8, 4) is 0 Å². The van der Waals surface area contributed by atoms with Crippen LogP contribution in [0, 0.1) is 11.7 Å². The van der Waals surface area contributed by atoms with Crippen molar-refractivity contribution in [2.24, 2.45) is 5.92 Å². The van der Waals surface area contributed by atoms with Crippen LogP contribution in [0.2, 0.25) is 0 Å². The summed E-state index contributed by atoms with van der Waals surface area (Å²) >= 11 is 0. The summed E-state index contributed by atoms with van der Waals surface area (Å²) in [6.07, 6.45) is 0.935. The second kappa shape index (κ2) is 6.82. The van der Waals surface area contributed by atoms with Gasteiger partial charge in [-0.2, -0.15) is 0 Å². The number of piperidine rings is 1. The number of benzene rings is 1. The second-order valence-corrected chi connectivity index (χ2v) is 6.98. The summed E-state index contributed by atoms with van der Waals surface area (Å²) in [5, 5.41) is 5.63. The standard InChI is InChI=1S/C18H22FN3O3/c1-10(2)15-18(25)22-7-6-13(9-14(22)17(24)21-15)20-16(23)11-4-3-5-12(19)8-11/h3-5,8,10,13-15H,6-7,9H2,1-2H3,(H,20,23)(H,21,24). The minimum atomic E-state index is -0.561. The number of halogens is 1. The van der Waals surface area contributed by atoms with Crippen molar-refractivity contribution in [1.29, 1.82) is 0 Å². The maximum absolute atomic E-state index is 13.2. The highest BCUT2D eigenvalue weighted by molar-refractivity contribution is 5.98. The quantitative estimate of drug-likeness (QED) is 0.858. The molecule has 2 aliphatic heterocycles. The van der Waals surface area contributed by atoms with E-state index in [1.54, 1.807) is 4.90 Å². The predicted molar refractivity (Wildman–Crippen MR) is 89.2 cm³/mol. The molecule has 2 aliphatic rings. The number of carbonyl (C=O) groups excluding carboxylic acids is 3. The average molecular weight is 347 g/mol. The van der Waals surface area contributed by atoms with E-state index >= 15 is 0 Å². The molecule has 6 nitrogen and oxygen atoms in total. The maximum Gasteiger partial charge on any atom is 0.251 e. The van der Waals surface area contributed by atoms with E-state index in [0.717, 1.165) is 0 Å². The molecule has 3 unspecified atom stereocenters. The summed E-state index contributed by atoms with van der Waals surface area (Å²) in [6.45, 7) is 4.22. The fraction of sp³-hybridized carbons (Fsp3) is 0.500. The molecule has 0 saturated carbocycles. The molecule has 0 aliphatic carbocycles. The fourth-order valence-corrected chi connectivity index (χ4v) is 3.45. The molecule has 0 bridgehead atoms. The zero-order valence-electron chi connectivity index (χ0n) is 14.3. The average Bonchev–Trinajstić information content (AvgIpc) is 2.57. The molecule has 2 N–H and O–H groups in total. The summed E-state index contributed by atoms with van der Waals surface area (Å²) in [4.78, 5) is 38.8. The predicted octanol–water partition coefficient (Wildman–Crippen LogP) is 1.07. The summed E-state index contributed by atoms with van der Waals surface area (Å²) < 4.78 is 13.2. The van der Waals surface area contributed by atoms with Crippen LogP contribution in [0.5, 0.6) is 0 Å². The lowest BCUT2D eigenvalue weighted by Crippen LogP contribution is -2.67. The van der Waals surface area contributed by atoms with Gasteiger partial charge in [0.25, 0.3) is 5.91 Å². The lowest BCUT2D eigenvalue weighted by molar-refractivity contribution is -0.152. The van der Waals surface area contributed by atoms with E-state index in [2.05, 4.69) is 10.6 Å². The van der Waals surface area contributed by atoms with E-state index in [4.69, 9.17) is 0 Å². The number of piperazine rings is 1.